The number of benzene rings is 1. The highest BCUT2D eigenvalue weighted by atomic mass is 16.1. The third-order valence-electron chi connectivity index (χ3n) is 3.88. The number of nitrogens with zero attached hydrogens (tertiary/aromatic N) is 2. The SMILES string of the molecule is CC(=O)Nc1ccc(C(CN2CCNCC2)N(C)C)cc1. The first-order valence-corrected chi connectivity index (χ1v) is 7.53. The Morgan fingerprint density at radius 2 is 1.90 bits per heavy atom. The average Bonchev–Trinajstić information content (AvgIpc) is 2.46. The van der Waals surface area contributed by atoms with Crippen LogP contribution in [0.1, 0.15) is 18.5 Å². The van der Waals surface area contributed by atoms with E-state index in [-0.39, 0.29) is 5.91 Å². The number of carbonyl (C=O) groups is 1. The summed E-state index contributed by atoms with van der Waals surface area (Å²) in [5.74, 6) is -0.0345. The summed E-state index contributed by atoms with van der Waals surface area (Å²) in [5, 5.41) is 6.20. The van der Waals surface area contributed by atoms with Crippen molar-refractivity contribution in [3.05, 3.63) is 29.8 Å². The van der Waals surface area contributed by atoms with Crippen LogP contribution in [-0.4, -0.2) is 62.5 Å². The van der Waals surface area contributed by atoms with Crippen LogP contribution in [0.3, 0.4) is 0 Å². The van der Waals surface area contributed by atoms with Crippen molar-refractivity contribution in [1.29, 1.82) is 0 Å². The smallest absolute Gasteiger partial charge is 0.221 e. The number of nitrogens with one attached hydrogen (secondary N) is 2. The topological polar surface area (TPSA) is 47.6 Å². The zero-order valence-electron chi connectivity index (χ0n) is 13.2. The Morgan fingerprint density at radius 1 is 1.29 bits per heavy atom. The van der Waals surface area contributed by atoms with Gasteiger partial charge in [0, 0.05) is 51.4 Å². The van der Waals surface area contributed by atoms with Crippen molar-refractivity contribution in [1.82, 2.24) is 15.1 Å². The molecule has 1 aromatic carbocycles. The summed E-state index contributed by atoms with van der Waals surface area (Å²) in [6, 6.07) is 8.54. The Labute approximate surface area is 127 Å². The maximum absolute atomic E-state index is 11.1. The van der Waals surface area contributed by atoms with Crippen molar-refractivity contribution in [2.24, 2.45) is 0 Å². The van der Waals surface area contributed by atoms with Crippen LogP contribution in [0.2, 0.25) is 0 Å². The van der Waals surface area contributed by atoms with Crippen molar-refractivity contribution in [2.45, 2.75) is 13.0 Å². The van der Waals surface area contributed by atoms with Crippen LogP contribution in [0.5, 0.6) is 0 Å². The minimum absolute atomic E-state index is 0.0345. The fraction of sp³-hybridized carbons (Fsp3) is 0.562. The molecule has 5 nitrogen and oxygen atoms in total. The predicted octanol–water partition coefficient (Wildman–Crippen LogP) is 1.15. The molecule has 0 saturated carbocycles. The molecule has 2 N–H and O–H groups in total. The summed E-state index contributed by atoms with van der Waals surface area (Å²) < 4.78 is 0. The van der Waals surface area contributed by atoms with Crippen LogP contribution >= 0.6 is 0 Å². The second-order valence-electron chi connectivity index (χ2n) is 5.83. The van der Waals surface area contributed by atoms with Gasteiger partial charge in [-0.25, -0.2) is 0 Å². The molecule has 0 bridgehead atoms. The molecule has 1 aliphatic rings. The molecule has 116 valence electrons. The van der Waals surface area contributed by atoms with Crippen LogP contribution in [0.4, 0.5) is 5.69 Å². The van der Waals surface area contributed by atoms with Crippen molar-refractivity contribution in [3.63, 3.8) is 0 Å². The Balaban J connectivity index is 2.04. The van der Waals surface area contributed by atoms with Crippen molar-refractivity contribution in [3.8, 4) is 0 Å². The van der Waals surface area contributed by atoms with Gasteiger partial charge in [-0.05, 0) is 31.8 Å². The van der Waals surface area contributed by atoms with Crippen LogP contribution in [0.25, 0.3) is 0 Å². The number of carbonyl (C=O) groups excluding carboxylic acids is 1. The van der Waals surface area contributed by atoms with Gasteiger partial charge in [0.2, 0.25) is 5.91 Å². The number of hydrogen-bond donors (Lipinski definition) is 2. The quantitative estimate of drug-likeness (QED) is 0.854. The van der Waals surface area contributed by atoms with Gasteiger partial charge < -0.3 is 15.5 Å². The molecule has 0 aliphatic carbocycles. The Bertz CT molecular complexity index is 452. The number of piperazine rings is 1. The molecule has 0 radical (unpaired) electrons. The van der Waals surface area contributed by atoms with Gasteiger partial charge in [0.15, 0.2) is 0 Å². The van der Waals surface area contributed by atoms with Gasteiger partial charge in [0.1, 0.15) is 0 Å². The molecule has 1 aromatic rings. The molecule has 0 aromatic heterocycles. The first-order valence-electron chi connectivity index (χ1n) is 7.53. The first-order chi connectivity index (χ1) is 10.1. The Hall–Kier alpha value is -1.43. The molecule has 1 aliphatic heterocycles. The Morgan fingerprint density at radius 3 is 2.43 bits per heavy atom. The highest BCUT2D eigenvalue weighted by Gasteiger charge is 2.19. The van der Waals surface area contributed by atoms with E-state index in [0.29, 0.717) is 6.04 Å². The summed E-state index contributed by atoms with van der Waals surface area (Å²) in [6.45, 7) is 6.92. The number of anilines is 1. The molecule has 2 rings (SSSR count). The van der Waals surface area contributed by atoms with Gasteiger partial charge in [0.25, 0.3) is 0 Å². The van der Waals surface area contributed by atoms with E-state index in [1.165, 1.54) is 12.5 Å². The molecule has 0 spiro atoms. The summed E-state index contributed by atoms with van der Waals surface area (Å²) >= 11 is 0. The molecule has 1 unspecified atom stereocenters. The van der Waals surface area contributed by atoms with E-state index < -0.39 is 0 Å². The third-order valence-corrected chi connectivity index (χ3v) is 3.88. The van der Waals surface area contributed by atoms with Crippen LogP contribution < -0.4 is 10.6 Å². The van der Waals surface area contributed by atoms with E-state index in [1.807, 2.05) is 12.1 Å². The highest BCUT2D eigenvalue weighted by molar-refractivity contribution is 5.88. The standard InChI is InChI=1S/C16H26N4O/c1-13(21)18-15-6-4-14(5-7-15)16(19(2)3)12-20-10-8-17-9-11-20/h4-7,16-17H,8-12H2,1-3H3,(H,18,21). The second-order valence-corrected chi connectivity index (χ2v) is 5.83. The van der Waals surface area contributed by atoms with Crippen LogP contribution in [0, 0.1) is 0 Å². The van der Waals surface area contributed by atoms with Gasteiger partial charge in [-0.3, -0.25) is 9.69 Å². The molecular weight excluding hydrogens is 264 g/mol. The summed E-state index contributed by atoms with van der Waals surface area (Å²) in [4.78, 5) is 15.8. The van der Waals surface area contributed by atoms with E-state index in [2.05, 4.69) is 46.7 Å². The molecule has 1 amide bonds. The molecule has 5 heteroatoms. The number of rotatable bonds is 5. The zero-order valence-corrected chi connectivity index (χ0v) is 13.2. The maximum Gasteiger partial charge on any atom is 0.221 e. The van der Waals surface area contributed by atoms with Crippen molar-refractivity contribution >= 4 is 11.6 Å². The van der Waals surface area contributed by atoms with E-state index in [0.717, 1.165) is 38.4 Å². The van der Waals surface area contributed by atoms with E-state index >= 15 is 0 Å². The lowest BCUT2D eigenvalue weighted by atomic mass is 10.0. The zero-order chi connectivity index (χ0) is 15.2. The number of hydrogen-bond acceptors (Lipinski definition) is 4. The van der Waals surface area contributed by atoms with Crippen LogP contribution in [0.15, 0.2) is 24.3 Å². The number of likely N-dealkylation sites (N-methyl/N-ethyl adjacent to an activating group) is 1. The van der Waals surface area contributed by atoms with Crippen molar-refractivity contribution < 1.29 is 4.79 Å². The van der Waals surface area contributed by atoms with Gasteiger partial charge >= 0.3 is 0 Å². The molecule has 1 fully saturated rings. The minimum atomic E-state index is -0.0345. The molecular formula is C16H26N4O. The lowest BCUT2D eigenvalue weighted by Gasteiger charge is -2.34. The first kappa shape index (κ1) is 15.9. The Kier molecular flexibility index (Phi) is 5.73. The summed E-state index contributed by atoms with van der Waals surface area (Å²) in [7, 11) is 4.24. The molecule has 1 saturated heterocycles. The van der Waals surface area contributed by atoms with E-state index in [1.54, 1.807) is 0 Å². The second kappa shape index (κ2) is 7.54. The molecule has 1 atom stereocenters. The molecule has 1 heterocycles. The summed E-state index contributed by atoms with van der Waals surface area (Å²) in [6.07, 6.45) is 0. The average molecular weight is 290 g/mol. The molecule has 21 heavy (non-hydrogen) atoms. The fourth-order valence-electron chi connectivity index (χ4n) is 2.70. The largest absolute Gasteiger partial charge is 0.326 e. The third kappa shape index (κ3) is 4.81. The van der Waals surface area contributed by atoms with Gasteiger partial charge in [-0.15, -0.1) is 0 Å². The summed E-state index contributed by atoms with van der Waals surface area (Å²) in [5.41, 5.74) is 2.14. The fourth-order valence-corrected chi connectivity index (χ4v) is 2.70. The lowest BCUT2D eigenvalue weighted by Crippen LogP contribution is -2.46. The van der Waals surface area contributed by atoms with Gasteiger partial charge in [-0.2, -0.15) is 0 Å². The van der Waals surface area contributed by atoms with Gasteiger partial charge in [0.05, 0.1) is 0 Å². The van der Waals surface area contributed by atoms with E-state index in [4.69, 9.17) is 0 Å². The predicted molar refractivity (Wildman–Crippen MR) is 86.5 cm³/mol. The van der Waals surface area contributed by atoms with Crippen LogP contribution in [-0.2, 0) is 4.79 Å². The maximum atomic E-state index is 11.1. The highest BCUT2D eigenvalue weighted by Crippen LogP contribution is 2.21. The van der Waals surface area contributed by atoms with Crippen molar-refractivity contribution in [2.75, 3.05) is 52.1 Å². The minimum Gasteiger partial charge on any atom is -0.326 e. The monoisotopic (exact) mass is 290 g/mol. The lowest BCUT2D eigenvalue weighted by molar-refractivity contribution is -0.114. The number of amides is 1. The van der Waals surface area contributed by atoms with Gasteiger partial charge in [-0.1, -0.05) is 12.1 Å². The normalized spacial score (nSPS) is 17.7. The van der Waals surface area contributed by atoms with E-state index in [9.17, 15) is 4.79 Å².